The molecule has 7 nitrogen and oxygen atoms in total. The normalized spacial score (nSPS) is 14.5. The van der Waals surface area contributed by atoms with Gasteiger partial charge in [0.1, 0.15) is 24.3 Å². The van der Waals surface area contributed by atoms with Gasteiger partial charge in [-0.25, -0.2) is 9.97 Å². The second-order valence-electron chi connectivity index (χ2n) is 4.67. The molecule has 1 aliphatic heterocycles. The monoisotopic (exact) mass is 259 g/mol. The van der Waals surface area contributed by atoms with Gasteiger partial charge in [0.15, 0.2) is 5.82 Å². The quantitative estimate of drug-likeness (QED) is 0.869. The van der Waals surface area contributed by atoms with Crippen molar-refractivity contribution in [3.63, 3.8) is 0 Å². The Balaban J connectivity index is 1.93. The summed E-state index contributed by atoms with van der Waals surface area (Å²) in [5.74, 6) is 2.48. The molecule has 0 amide bonds. The lowest BCUT2D eigenvalue weighted by molar-refractivity contribution is 0.554. The lowest BCUT2D eigenvalue weighted by Crippen LogP contribution is -2.35. The first-order valence-electron chi connectivity index (χ1n) is 6.50. The van der Waals surface area contributed by atoms with Gasteiger partial charge in [-0.1, -0.05) is 13.3 Å². The second kappa shape index (κ2) is 4.83. The molecule has 0 fully saturated rings. The van der Waals surface area contributed by atoms with Gasteiger partial charge in [0.2, 0.25) is 0 Å². The van der Waals surface area contributed by atoms with E-state index < -0.39 is 0 Å². The average Bonchev–Trinajstić information content (AvgIpc) is 2.88. The van der Waals surface area contributed by atoms with Gasteiger partial charge in [-0.3, -0.25) is 0 Å². The van der Waals surface area contributed by atoms with Crippen LogP contribution < -0.4 is 10.6 Å². The van der Waals surface area contributed by atoms with Gasteiger partial charge >= 0.3 is 0 Å². The van der Waals surface area contributed by atoms with Crippen molar-refractivity contribution < 1.29 is 0 Å². The van der Waals surface area contributed by atoms with Crippen molar-refractivity contribution >= 4 is 11.6 Å². The van der Waals surface area contributed by atoms with E-state index in [2.05, 4.69) is 36.6 Å². The summed E-state index contributed by atoms with van der Waals surface area (Å²) in [6, 6.07) is 0. The van der Waals surface area contributed by atoms with Crippen molar-refractivity contribution in [1.29, 1.82) is 0 Å². The molecule has 7 heteroatoms. The molecule has 3 heterocycles. The van der Waals surface area contributed by atoms with Crippen LogP contribution in [0.5, 0.6) is 0 Å². The van der Waals surface area contributed by atoms with E-state index in [0.29, 0.717) is 12.4 Å². The number of rotatable bonds is 3. The molecule has 0 aliphatic carbocycles. The second-order valence-corrected chi connectivity index (χ2v) is 4.67. The molecule has 1 aliphatic rings. The summed E-state index contributed by atoms with van der Waals surface area (Å²) in [6.45, 7) is 4.60. The molecule has 3 rings (SSSR count). The lowest BCUT2D eigenvalue weighted by atomic mass is 10.1. The molecule has 0 unspecified atom stereocenters. The average molecular weight is 259 g/mol. The van der Waals surface area contributed by atoms with Crippen molar-refractivity contribution in [3.05, 3.63) is 24.0 Å². The van der Waals surface area contributed by atoms with Crippen LogP contribution in [-0.4, -0.2) is 31.3 Å². The SMILES string of the molecule is CCCc1c(N)ncnc1N1CCn2cnnc2C1. The van der Waals surface area contributed by atoms with Crippen LogP contribution in [0.4, 0.5) is 11.6 Å². The highest BCUT2D eigenvalue weighted by atomic mass is 15.3. The van der Waals surface area contributed by atoms with Crippen LogP contribution in [-0.2, 0) is 19.5 Å². The van der Waals surface area contributed by atoms with Crippen molar-refractivity contribution in [2.75, 3.05) is 17.2 Å². The Bertz CT molecular complexity index is 577. The summed E-state index contributed by atoms with van der Waals surface area (Å²) in [5.41, 5.74) is 7.02. The summed E-state index contributed by atoms with van der Waals surface area (Å²) < 4.78 is 2.07. The molecule has 0 aromatic carbocycles. The Labute approximate surface area is 111 Å². The maximum Gasteiger partial charge on any atom is 0.152 e. The molecule has 0 bridgehead atoms. The molecule has 0 spiro atoms. The van der Waals surface area contributed by atoms with Gasteiger partial charge in [0.25, 0.3) is 0 Å². The number of fused-ring (bicyclic) bond motifs is 1. The molecule has 0 radical (unpaired) electrons. The third kappa shape index (κ3) is 2.11. The summed E-state index contributed by atoms with van der Waals surface area (Å²) in [5, 5.41) is 8.06. The van der Waals surface area contributed by atoms with E-state index in [1.165, 1.54) is 6.33 Å². The highest BCUT2D eigenvalue weighted by Crippen LogP contribution is 2.25. The van der Waals surface area contributed by atoms with E-state index in [1.807, 2.05) is 0 Å². The first kappa shape index (κ1) is 11.9. The minimum atomic E-state index is 0.582. The number of nitrogens with two attached hydrogens (primary N) is 1. The third-order valence-corrected chi connectivity index (χ3v) is 3.39. The van der Waals surface area contributed by atoms with E-state index in [9.17, 15) is 0 Å². The molecule has 2 aromatic heterocycles. The minimum Gasteiger partial charge on any atom is -0.383 e. The van der Waals surface area contributed by atoms with Gasteiger partial charge in [0, 0.05) is 18.7 Å². The van der Waals surface area contributed by atoms with Crippen LogP contribution in [0.2, 0.25) is 0 Å². The predicted octanol–water partition coefficient (Wildman–Crippen LogP) is 0.623. The maximum atomic E-state index is 5.98. The standard InChI is InChI=1S/C12H17N7/c1-2-3-9-11(13)14-7-15-12(9)18-4-5-19-8-16-17-10(19)6-18/h7-8H,2-6H2,1H3,(H2,13,14,15). The van der Waals surface area contributed by atoms with Crippen LogP contribution in [0, 0.1) is 0 Å². The number of aromatic nitrogens is 5. The fourth-order valence-corrected chi connectivity index (χ4v) is 2.43. The maximum absolute atomic E-state index is 5.98. The largest absolute Gasteiger partial charge is 0.383 e. The van der Waals surface area contributed by atoms with E-state index >= 15 is 0 Å². The van der Waals surface area contributed by atoms with E-state index in [4.69, 9.17) is 5.73 Å². The Morgan fingerprint density at radius 2 is 2.21 bits per heavy atom. The Kier molecular flexibility index (Phi) is 3.02. The van der Waals surface area contributed by atoms with E-state index in [1.54, 1.807) is 6.33 Å². The third-order valence-electron chi connectivity index (χ3n) is 3.39. The number of anilines is 2. The zero-order valence-corrected chi connectivity index (χ0v) is 11.0. The van der Waals surface area contributed by atoms with Crippen LogP contribution in [0.15, 0.2) is 12.7 Å². The minimum absolute atomic E-state index is 0.582. The van der Waals surface area contributed by atoms with Crippen molar-refractivity contribution in [2.24, 2.45) is 0 Å². The van der Waals surface area contributed by atoms with Gasteiger partial charge in [-0.15, -0.1) is 10.2 Å². The first-order valence-corrected chi connectivity index (χ1v) is 6.50. The van der Waals surface area contributed by atoms with Gasteiger partial charge < -0.3 is 15.2 Å². The summed E-state index contributed by atoms with van der Waals surface area (Å²) in [4.78, 5) is 10.7. The Hall–Kier alpha value is -2.18. The van der Waals surface area contributed by atoms with Crippen molar-refractivity contribution in [3.8, 4) is 0 Å². The van der Waals surface area contributed by atoms with Crippen molar-refractivity contribution in [2.45, 2.75) is 32.9 Å². The molecule has 100 valence electrons. The summed E-state index contributed by atoms with van der Waals surface area (Å²) >= 11 is 0. The zero-order chi connectivity index (χ0) is 13.2. The van der Waals surface area contributed by atoms with E-state index in [0.717, 1.165) is 43.1 Å². The van der Waals surface area contributed by atoms with Gasteiger partial charge in [-0.05, 0) is 6.42 Å². The molecule has 0 saturated heterocycles. The van der Waals surface area contributed by atoms with Crippen LogP contribution >= 0.6 is 0 Å². The summed E-state index contributed by atoms with van der Waals surface area (Å²) in [6.07, 6.45) is 5.22. The van der Waals surface area contributed by atoms with Gasteiger partial charge in [-0.2, -0.15) is 0 Å². The van der Waals surface area contributed by atoms with Crippen molar-refractivity contribution in [1.82, 2.24) is 24.7 Å². The number of nitrogens with zero attached hydrogens (tertiary/aromatic N) is 6. The predicted molar refractivity (Wildman–Crippen MR) is 71.5 cm³/mol. The highest BCUT2D eigenvalue weighted by molar-refractivity contribution is 5.56. The number of nitrogen functional groups attached to an aromatic ring is 1. The van der Waals surface area contributed by atoms with Crippen LogP contribution in [0.1, 0.15) is 24.7 Å². The molecular formula is C12H17N7. The number of hydrogen-bond acceptors (Lipinski definition) is 6. The molecular weight excluding hydrogens is 242 g/mol. The van der Waals surface area contributed by atoms with Crippen LogP contribution in [0.25, 0.3) is 0 Å². The lowest BCUT2D eigenvalue weighted by Gasteiger charge is -2.29. The molecule has 0 atom stereocenters. The fraction of sp³-hybridized carbons (Fsp3) is 0.500. The number of hydrogen-bond donors (Lipinski definition) is 1. The van der Waals surface area contributed by atoms with Crippen LogP contribution in [0.3, 0.4) is 0 Å². The Morgan fingerprint density at radius 1 is 1.32 bits per heavy atom. The highest BCUT2D eigenvalue weighted by Gasteiger charge is 2.21. The molecule has 0 saturated carbocycles. The topological polar surface area (TPSA) is 85.8 Å². The molecule has 2 N–H and O–H groups in total. The fourth-order valence-electron chi connectivity index (χ4n) is 2.43. The molecule has 2 aromatic rings. The first-order chi connectivity index (χ1) is 9.29. The summed E-state index contributed by atoms with van der Waals surface area (Å²) in [7, 11) is 0. The molecule has 19 heavy (non-hydrogen) atoms. The van der Waals surface area contributed by atoms with Gasteiger partial charge in [0.05, 0.1) is 6.54 Å². The zero-order valence-electron chi connectivity index (χ0n) is 11.0. The Morgan fingerprint density at radius 3 is 3.05 bits per heavy atom. The smallest absolute Gasteiger partial charge is 0.152 e. The van der Waals surface area contributed by atoms with E-state index in [-0.39, 0.29) is 0 Å².